The number of hydrogen-bond acceptors (Lipinski definition) is 4. The van der Waals surface area contributed by atoms with Crippen molar-refractivity contribution in [3.05, 3.63) is 59.7 Å². The first-order valence-corrected chi connectivity index (χ1v) is 9.61. The molecule has 0 radical (unpaired) electrons. The molecule has 2 aromatic carbocycles. The van der Waals surface area contributed by atoms with Crippen molar-refractivity contribution in [2.45, 2.75) is 32.0 Å². The summed E-state index contributed by atoms with van der Waals surface area (Å²) < 4.78 is 11.5. The van der Waals surface area contributed by atoms with Crippen molar-refractivity contribution in [2.24, 2.45) is 5.92 Å². The number of rotatable bonds is 7. The lowest BCUT2D eigenvalue weighted by atomic mass is 9.84. The third kappa shape index (κ3) is 4.02. The van der Waals surface area contributed by atoms with Crippen LogP contribution in [-0.2, 0) is 13.2 Å². The van der Waals surface area contributed by atoms with Crippen LogP contribution in [0.5, 0.6) is 11.5 Å². The number of fused-ring (bicyclic) bond motifs is 3. The predicted octanol–water partition coefficient (Wildman–Crippen LogP) is 3.46. The summed E-state index contributed by atoms with van der Waals surface area (Å²) in [7, 11) is 1.70. The number of ether oxygens (including phenoxy) is 2. The van der Waals surface area contributed by atoms with Crippen LogP contribution >= 0.6 is 0 Å². The van der Waals surface area contributed by atoms with Crippen molar-refractivity contribution >= 4 is 0 Å². The maximum atomic E-state index is 5.95. The molecule has 4 heteroatoms. The van der Waals surface area contributed by atoms with Crippen LogP contribution in [0.3, 0.4) is 0 Å². The first-order chi connectivity index (χ1) is 12.8. The second kappa shape index (κ2) is 8.11. The summed E-state index contributed by atoms with van der Waals surface area (Å²) >= 11 is 0. The molecule has 3 aliphatic heterocycles. The van der Waals surface area contributed by atoms with Crippen LogP contribution in [0.1, 0.15) is 24.0 Å². The Morgan fingerprint density at radius 3 is 2.50 bits per heavy atom. The molecule has 3 aliphatic rings. The van der Waals surface area contributed by atoms with Crippen LogP contribution in [0.25, 0.3) is 0 Å². The van der Waals surface area contributed by atoms with Gasteiger partial charge in [0.05, 0.1) is 7.11 Å². The Balaban J connectivity index is 1.35. The number of nitrogens with zero attached hydrogens (tertiary/aromatic N) is 1. The number of methoxy groups -OCH3 is 1. The van der Waals surface area contributed by atoms with Crippen LogP contribution in [0, 0.1) is 5.92 Å². The molecule has 0 saturated carbocycles. The Morgan fingerprint density at radius 1 is 1.00 bits per heavy atom. The van der Waals surface area contributed by atoms with Gasteiger partial charge in [0.15, 0.2) is 11.5 Å². The second-order valence-corrected chi connectivity index (χ2v) is 7.38. The summed E-state index contributed by atoms with van der Waals surface area (Å²) in [5, 5.41) is 3.76. The number of nitrogens with one attached hydrogen (secondary N) is 1. The van der Waals surface area contributed by atoms with E-state index in [-0.39, 0.29) is 0 Å². The molecule has 2 aromatic rings. The van der Waals surface area contributed by atoms with Gasteiger partial charge in [-0.1, -0.05) is 36.4 Å². The molecule has 3 heterocycles. The SMILES string of the molecule is COc1cc(CN[C@@H]2CN3CCC2CC3)ccc1OCc1ccccc1. The molecule has 2 bridgehead atoms. The van der Waals surface area contributed by atoms with E-state index in [1.54, 1.807) is 7.11 Å². The zero-order valence-electron chi connectivity index (χ0n) is 15.5. The van der Waals surface area contributed by atoms with Gasteiger partial charge in [-0.3, -0.25) is 0 Å². The first kappa shape index (κ1) is 17.4. The Morgan fingerprint density at radius 2 is 1.81 bits per heavy atom. The molecule has 0 unspecified atom stereocenters. The molecule has 26 heavy (non-hydrogen) atoms. The Labute approximate surface area is 156 Å². The molecule has 0 aliphatic carbocycles. The summed E-state index contributed by atoms with van der Waals surface area (Å²) in [6.07, 6.45) is 2.68. The van der Waals surface area contributed by atoms with Crippen molar-refractivity contribution in [1.82, 2.24) is 10.2 Å². The fourth-order valence-electron chi connectivity index (χ4n) is 4.12. The van der Waals surface area contributed by atoms with E-state index in [1.165, 1.54) is 38.0 Å². The van der Waals surface area contributed by atoms with E-state index in [1.807, 2.05) is 24.3 Å². The van der Waals surface area contributed by atoms with Gasteiger partial charge in [0, 0.05) is 19.1 Å². The molecular formula is C22H28N2O2. The quantitative estimate of drug-likeness (QED) is 0.827. The van der Waals surface area contributed by atoms with Gasteiger partial charge in [0.1, 0.15) is 6.61 Å². The standard InChI is InChI=1S/C22H28N2O2/c1-25-22-13-18(14-23-20-15-24-11-9-19(20)10-12-24)7-8-21(22)26-16-17-5-3-2-4-6-17/h2-8,13,19-20,23H,9-12,14-16H2,1H3/t20-/m1/s1. The third-order valence-electron chi connectivity index (χ3n) is 5.69. The zero-order chi connectivity index (χ0) is 17.8. The number of piperidine rings is 3. The van der Waals surface area contributed by atoms with Crippen LogP contribution in [-0.4, -0.2) is 37.7 Å². The van der Waals surface area contributed by atoms with Gasteiger partial charge in [-0.05, 0) is 55.1 Å². The van der Waals surface area contributed by atoms with E-state index in [2.05, 4.69) is 34.5 Å². The number of hydrogen-bond donors (Lipinski definition) is 1. The van der Waals surface area contributed by atoms with Gasteiger partial charge in [0.25, 0.3) is 0 Å². The maximum Gasteiger partial charge on any atom is 0.161 e. The fourth-order valence-corrected chi connectivity index (χ4v) is 4.12. The molecular weight excluding hydrogens is 324 g/mol. The van der Waals surface area contributed by atoms with Gasteiger partial charge in [-0.2, -0.15) is 0 Å². The highest BCUT2D eigenvalue weighted by Crippen LogP contribution is 2.30. The highest BCUT2D eigenvalue weighted by molar-refractivity contribution is 5.43. The van der Waals surface area contributed by atoms with E-state index in [0.29, 0.717) is 12.6 Å². The average Bonchev–Trinajstić information content (AvgIpc) is 2.72. The lowest BCUT2D eigenvalue weighted by molar-refractivity contribution is 0.0720. The lowest BCUT2D eigenvalue weighted by Crippen LogP contribution is -2.55. The number of benzene rings is 2. The minimum atomic E-state index is 0.550. The third-order valence-corrected chi connectivity index (χ3v) is 5.69. The van der Waals surface area contributed by atoms with E-state index in [0.717, 1.165) is 29.5 Å². The van der Waals surface area contributed by atoms with Gasteiger partial charge in [-0.15, -0.1) is 0 Å². The normalized spacial score (nSPS) is 24.4. The van der Waals surface area contributed by atoms with Crippen molar-refractivity contribution in [3.63, 3.8) is 0 Å². The molecule has 0 spiro atoms. The van der Waals surface area contributed by atoms with Crippen LogP contribution in [0.4, 0.5) is 0 Å². The van der Waals surface area contributed by atoms with Gasteiger partial charge in [-0.25, -0.2) is 0 Å². The van der Waals surface area contributed by atoms with Crippen LogP contribution < -0.4 is 14.8 Å². The summed E-state index contributed by atoms with van der Waals surface area (Å²) in [5.74, 6) is 2.44. The van der Waals surface area contributed by atoms with Crippen LogP contribution in [0.2, 0.25) is 0 Å². The van der Waals surface area contributed by atoms with E-state index < -0.39 is 0 Å². The minimum absolute atomic E-state index is 0.550. The van der Waals surface area contributed by atoms with E-state index in [9.17, 15) is 0 Å². The van der Waals surface area contributed by atoms with Crippen molar-refractivity contribution in [2.75, 3.05) is 26.7 Å². The maximum absolute atomic E-state index is 5.95. The average molecular weight is 352 g/mol. The predicted molar refractivity (Wildman–Crippen MR) is 104 cm³/mol. The van der Waals surface area contributed by atoms with Crippen molar-refractivity contribution < 1.29 is 9.47 Å². The smallest absolute Gasteiger partial charge is 0.161 e. The summed E-state index contributed by atoms with van der Waals surface area (Å²) in [6.45, 7) is 5.19. The molecule has 1 N–H and O–H groups in total. The highest BCUT2D eigenvalue weighted by atomic mass is 16.5. The summed E-state index contributed by atoms with van der Waals surface area (Å²) in [5.41, 5.74) is 2.40. The zero-order valence-corrected chi connectivity index (χ0v) is 15.5. The Bertz CT molecular complexity index is 711. The highest BCUT2D eigenvalue weighted by Gasteiger charge is 2.33. The monoisotopic (exact) mass is 352 g/mol. The largest absolute Gasteiger partial charge is 0.493 e. The topological polar surface area (TPSA) is 33.7 Å². The van der Waals surface area contributed by atoms with Gasteiger partial charge in [0.2, 0.25) is 0 Å². The van der Waals surface area contributed by atoms with Crippen molar-refractivity contribution in [1.29, 1.82) is 0 Å². The van der Waals surface area contributed by atoms with Gasteiger partial charge < -0.3 is 19.7 Å². The van der Waals surface area contributed by atoms with Crippen LogP contribution in [0.15, 0.2) is 48.5 Å². The molecule has 3 fully saturated rings. The molecule has 1 atom stereocenters. The van der Waals surface area contributed by atoms with Crippen molar-refractivity contribution in [3.8, 4) is 11.5 Å². The molecule has 5 rings (SSSR count). The summed E-state index contributed by atoms with van der Waals surface area (Å²) in [6, 6.07) is 17.1. The Hall–Kier alpha value is -2.04. The molecule has 138 valence electrons. The second-order valence-electron chi connectivity index (χ2n) is 7.38. The van der Waals surface area contributed by atoms with Gasteiger partial charge >= 0.3 is 0 Å². The van der Waals surface area contributed by atoms with E-state index >= 15 is 0 Å². The van der Waals surface area contributed by atoms with E-state index in [4.69, 9.17) is 9.47 Å². The Kier molecular flexibility index (Phi) is 5.42. The molecule has 3 saturated heterocycles. The first-order valence-electron chi connectivity index (χ1n) is 9.61. The lowest BCUT2D eigenvalue weighted by Gasteiger charge is -2.45. The molecule has 4 nitrogen and oxygen atoms in total. The molecule has 0 amide bonds. The molecule has 0 aromatic heterocycles. The fraction of sp³-hybridized carbons (Fsp3) is 0.455. The minimum Gasteiger partial charge on any atom is -0.493 e. The summed E-state index contributed by atoms with van der Waals surface area (Å²) in [4.78, 5) is 2.58.